The molecule has 37 heavy (non-hydrogen) atoms. The second kappa shape index (κ2) is 15.0. The van der Waals surface area contributed by atoms with Crippen LogP contribution >= 0.6 is 8.53 Å². The van der Waals surface area contributed by atoms with E-state index in [-0.39, 0.29) is 12.1 Å². The molecule has 0 spiro atoms. The molecule has 1 atom stereocenters. The third-order valence-electron chi connectivity index (χ3n) is 6.00. The number of ether oxygens (including phenoxy) is 1. The summed E-state index contributed by atoms with van der Waals surface area (Å²) < 4.78 is 21.4. The van der Waals surface area contributed by atoms with E-state index in [1.807, 2.05) is 18.2 Å². The highest BCUT2D eigenvalue weighted by atomic mass is 31.2. The molecule has 0 aromatic heterocycles. The molecular formula is C31H39N2O3P. The van der Waals surface area contributed by atoms with Crippen molar-refractivity contribution in [3.05, 3.63) is 119 Å². The zero-order valence-corrected chi connectivity index (χ0v) is 23.3. The molecule has 0 aliphatic carbocycles. The summed E-state index contributed by atoms with van der Waals surface area (Å²) >= 11 is 0. The van der Waals surface area contributed by atoms with Gasteiger partial charge in [0.1, 0.15) is 12.2 Å². The topological polar surface area (TPSA) is 35.3 Å². The highest BCUT2D eigenvalue weighted by Crippen LogP contribution is 2.46. The lowest BCUT2D eigenvalue weighted by atomic mass is 9.80. The Balaban J connectivity index is 1.79. The fourth-order valence-corrected chi connectivity index (χ4v) is 6.12. The average molecular weight is 519 g/mol. The maximum absolute atomic E-state index is 7.07. The Morgan fingerprint density at radius 1 is 0.703 bits per heavy atom. The molecule has 0 aliphatic heterocycles. The zero-order valence-electron chi connectivity index (χ0n) is 22.4. The molecule has 5 nitrogen and oxygen atoms in total. The van der Waals surface area contributed by atoms with Gasteiger partial charge in [0.15, 0.2) is 0 Å². The lowest BCUT2D eigenvalue weighted by Gasteiger charge is -2.36. The van der Waals surface area contributed by atoms with E-state index >= 15 is 0 Å². The molecule has 0 radical (unpaired) electrons. The number of hydrogen-bond acceptors (Lipinski definition) is 4. The highest BCUT2D eigenvalue weighted by molar-refractivity contribution is 7.44. The van der Waals surface area contributed by atoms with Crippen molar-refractivity contribution in [2.24, 2.45) is 0 Å². The van der Waals surface area contributed by atoms with Gasteiger partial charge in [-0.25, -0.2) is 11.2 Å². The predicted molar refractivity (Wildman–Crippen MR) is 152 cm³/mol. The summed E-state index contributed by atoms with van der Waals surface area (Å²) in [6, 6.07) is 31.8. The fraction of sp³-hybridized carbons (Fsp3) is 0.387. The van der Waals surface area contributed by atoms with Crippen LogP contribution in [0.3, 0.4) is 0 Å². The van der Waals surface area contributed by atoms with Gasteiger partial charge in [-0.2, -0.15) is 0 Å². The molecule has 0 N–H and O–H groups in total. The number of nitrogens with zero attached hydrogens (tertiary/aromatic N) is 2. The molecule has 6 heteroatoms. The Morgan fingerprint density at radius 2 is 1.14 bits per heavy atom. The molecule has 3 aromatic carbocycles. The summed E-state index contributed by atoms with van der Waals surface area (Å²) in [5.41, 5.74) is 2.53. The van der Waals surface area contributed by atoms with Gasteiger partial charge in [0.25, 0.3) is 8.53 Å². The van der Waals surface area contributed by atoms with Crippen molar-refractivity contribution in [1.29, 1.82) is 0 Å². The normalized spacial score (nSPS) is 12.7. The van der Waals surface area contributed by atoms with Crippen LogP contribution in [0.25, 0.3) is 4.85 Å². The molecule has 3 aromatic rings. The molecule has 0 fully saturated rings. The van der Waals surface area contributed by atoms with Crippen LogP contribution in [0.5, 0.6) is 0 Å². The van der Waals surface area contributed by atoms with Crippen molar-refractivity contribution in [3.8, 4) is 0 Å². The van der Waals surface area contributed by atoms with Gasteiger partial charge in [0.2, 0.25) is 6.54 Å². The number of hydrogen-bond donors (Lipinski definition) is 0. The van der Waals surface area contributed by atoms with Gasteiger partial charge < -0.3 is 18.6 Å². The van der Waals surface area contributed by atoms with Crippen LogP contribution in [-0.2, 0) is 19.4 Å². The van der Waals surface area contributed by atoms with E-state index < -0.39 is 14.1 Å². The summed E-state index contributed by atoms with van der Waals surface area (Å²) in [5.74, 6) is 0. The molecule has 1 unspecified atom stereocenters. The van der Waals surface area contributed by atoms with E-state index in [0.29, 0.717) is 32.8 Å². The van der Waals surface area contributed by atoms with Gasteiger partial charge in [0, 0.05) is 12.1 Å². The lowest BCUT2D eigenvalue weighted by Crippen LogP contribution is -2.34. The minimum absolute atomic E-state index is 0.275. The molecule has 196 valence electrons. The average Bonchev–Trinajstić information content (AvgIpc) is 2.92. The van der Waals surface area contributed by atoms with E-state index in [2.05, 4.69) is 110 Å². The SMILES string of the molecule is [C-]#[N+]CCOP(OCCCOC(c1ccccc1)(c1ccccc1)c1ccccc1)N(C(C)C)C(C)C. The molecule has 0 bridgehead atoms. The third-order valence-corrected chi connectivity index (χ3v) is 8.11. The molecule has 0 saturated carbocycles. The first kappa shape index (κ1) is 29.0. The maximum Gasteiger partial charge on any atom is 0.259 e. The van der Waals surface area contributed by atoms with Gasteiger partial charge in [-0.1, -0.05) is 91.0 Å². The number of rotatable bonds is 15. The first-order valence-corrected chi connectivity index (χ1v) is 14.1. The Labute approximate surface area is 224 Å². The minimum Gasteiger partial charge on any atom is -0.361 e. The van der Waals surface area contributed by atoms with E-state index in [0.717, 1.165) is 16.7 Å². The summed E-state index contributed by atoms with van der Waals surface area (Å²) in [5, 5.41) is 0. The largest absolute Gasteiger partial charge is 0.361 e. The van der Waals surface area contributed by atoms with Gasteiger partial charge in [-0.3, -0.25) is 0 Å². The lowest BCUT2D eigenvalue weighted by molar-refractivity contribution is 0.00638. The Hall–Kier alpha value is -2.58. The van der Waals surface area contributed by atoms with Crippen LogP contribution in [0.15, 0.2) is 91.0 Å². The van der Waals surface area contributed by atoms with E-state index in [9.17, 15) is 0 Å². The Bertz CT molecular complexity index is 967. The van der Waals surface area contributed by atoms with Crippen molar-refractivity contribution in [3.63, 3.8) is 0 Å². The summed E-state index contributed by atoms with van der Waals surface area (Å²) in [7, 11) is -1.26. The van der Waals surface area contributed by atoms with E-state index in [1.165, 1.54) is 0 Å². The van der Waals surface area contributed by atoms with Crippen LogP contribution in [0.1, 0.15) is 50.8 Å². The van der Waals surface area contributed by atoms with Crippen LogP contribution in [0.4, 0.5) is 0 Å². The van der Waals surface area contributed by atoms with E-state index in [1.54, 1.807) is 0 Å². The van der Waals surface area contributed by atoms with Crippen molar-refractivity contribution < 1.29 is 13.8 Å². The molecule has 0 amide bonds. The second-order valence-electron chi connectivity index (χ2n) is 9.33. The van der Waals surface area contributed by atoms with Crippen molar-refractivity contribution in [2.75, 3.05) is 26.4 Å². The van der Waals surface area contributed by atoms with Crippen LogP contribution in [0, 0.1) is 6.57 Å². The molecule has 0 saturated heterocycles. The minimum atomic E-state index is -1.26. The third kappa shape index (κ3) is 7.71. The van der Waals surface area contributed by atoms with Gasteiger partial charge in [0.05, 0.1) is 13.2 Å². The summed E-state index contributed by atoms with van der Waals surface area (Å²) in [4.78, 5) is 3.42. The Kier molecular flexibility index (Phi) is 11.7. The second-order valence-corrected chi connectivity index (χ2v) is 10.8. The van der Waals surface area contributed by atoms with Crippen molar-refractivity contribution >= 4 is 8.53 Å². The van der Waals surface area contributed by atoms with Gasteiger partial charge in [-0.05, 0) is 50.8 Å². The quantitative estimate of drug-likeness (QED) is 0.0894. The van der Waals surface area contributed by atoms with Crippen LogP contribution in [-0.4, -0.2) is 43.1 Å². The smallest absolute Gasteiger partial charge is 0.259 e. The first-order valence-electron chi connectivity index (χ1n) is 13.0. The maximum atomic E-state index is 7.07. The van der Waals surface area contributed by atoms with E-state index in [4.69, 9.17) is 20.4 Å². The fourth-order valence-electron chi connectivity index (χ4n) is 4.50. The van der Waals surface area contributed by atoms with Crippen molar-refractivity contribution in [2.45, 2.75) is 51.8 Å². The van der Waals surface area contributed by atoms with Crippen LogP contribution < -0.4 is 0 Å². The molecule has 0 aliphatic rings. The molecular weight excluding hydrogens is 479 g/mol. The van der Waals surface area contributed by atoms with Gasteiger partial charge >= 0.3 is 0 Å². The summed E-state index contributed by atoms with van der Waals surface area (Å²) in [6.45, 7) is 17.4. The molecule has 0 heterocycles. The van der Waals surface area contributed by atoms with Crippen molar-refractivity contribution in [1.82, 2.24) is 4.67 Å². The monoisotopic (exact) mass is 518 g/mol. The van der Waals surface area contributed by atoms with Crippen LogP contribution in [0.2, 0.25) is 0 Å². The standard InChI is InChI=1S/C31H39N2O3P/c1-26(2)33(27(3)4)37(36-25-22-32-5)35-24-15-23-34-31(28-16-9-6-10-17-28,29-18-11-7-12-19-29)30-20-13-8-14-21-30/h6-14,16-21,26-27H,15,22-25H2,1-4H3. The first-order chi connectivity index (χ1) is 18.0. The zero-order chi connectivity index (χ0) is 26.5. The molecule has 3 rings (SSSR count). The van der Waals surface area contributed by atoms with Gasteiger partial charge in [-0.15, -0.1) is 0 Å². The predicted octanol–water partition coefficient (Wildman–Crippen LogP) is 7.68. The Morgan fingerprint density at radius 3 is 1.54 bits per heavy atom. The highest BCUT2D eigenvalue weighted by Gasteiger charge is 2.37. The summed E-state index contributed by atoms with van der Waals surface area (Å²) in [6.07, 6.45) is 0.712. The number of benzene rings is 3.